The highest BCUT2D eigenvalue weighted by Crippen LogP contribution is 2.28. The van der Waals surface area contributed by atoms with Crippen molar-refractivity contribution in [3.63, 3.8) is 0 Å². The Morgan fingerprint density at radius 1 is 1.10 bits per heavy atom. The molecule has 0 aromatic heterocycles. The Balaban J connectivity index is 2.29. The van der Waals surface area contributed by atoms with Gasteiger partial charge in [-0.3, -0.25) is 0 Å². The van der Waals surface area contributed by atoms with E-state index in [4.69, 9.17) is 5.73 Å². The maximum Gasteiger partial charge on any atom is 0.123 e. The van der Waals surface area contributed by atoms with Gasteiger partial charge >= 0.3 is 0 Å². The second-order valence-electron chi connectivity index (χ2n) is 5.12. The SMILES string of the molecule is CCC(C)c1ccc(C(N)c2cc(F)ccc2Br)cc1. The molecule has 2 N–H and O–H groups in total. The zero-order valence-electron chi connectivity index (χ0n) is 11.7. The van der Waals surface area contributed by atoms with Crippen LogP contribution in [-0.2, 0) is 0 Å². The first-order valence-corrected chi connectivity index (χ1v) is 7.62. The topological polar surface area (TPSA) is 26.0 Å². The number of hydrogen-bond donors (Lipinski definition) is 1. The lowest BCUT2D eigenvalue weighted by Gasteiger charge is -2.16. The van der Waals surface area contributed by atoms with Crippen LogP contribution in [0.4, 0.5) is 4.39 Å². The molecule has 3 heteroatoms. The smallest absolute Gasteiger partial charge is 0.123 e. The molecule has 1 nitrogen and oxygen atoms in total. The van der Waals surface area contributed by atoms with Gasteiger partial charge in [0.1, 0.15) is 5.82 Å². The summed E-state index contributed by atoms with van der Waals surface area (Å²) in [6.07, 6.45) is 1.11. The van der Waals surface area contributed by atoms with Crippen molar-refractivity contribution in [1.29, 1.82) is 0 Å². The first-order valence-electron chi connectivity index (χ1n) is 6.83. The van der Waals surface area contributed by atoms with Gasteiger partial charge in [-0.05, 0) is 47.2 Å². The van der Waals surface area contributed by atoms with Crippen LogP contribution < -0.4 is 5.73 Å². The molecule has 0 aliphatic carbocycles. The molecular weight excluding hydrogens is 317 g/mol. The van der Waals surface area contributed by atoms with Crippen molar-refractivity contribution in [3.8, 4) is 0 Å². The predicted octanol–water partition coefficient (Wildman–Crippen LogP) is 5.15. The Morgan fingerprint density at radius 3 is 2.30 bits per heavy atom. The molecule has 0 saturated carbocycles. The largest absolute Gasteiger partial charge is 0.320 e. The lowest BCUT2D eigenvalue weighted by Crippen LogP contribution is -2.13. The summed E-state index contributed by atoms with van der Waals surface area (Å²) in [7, 11) is 0. The van der Waals surface area contributed by atoms with Gasteiger partial charge in [0.05, 0.1) is 6.04 Å². The van der Waals surface area contributed by atoms with Gasteiger partial charge in [0.25, 0.3) is 0 Å². The maximum atomic E-state index is 13.4. The highest BCUT2D eigenvalue weighted by atomic mass is 79.9. The fourth-order valence-electron chi connectivity index (χ4n) is 2.20. The fourth-order valence-corrected chi connectivity index (χ4v) is 2.69. The lowest BCUT2D eigenvalue weighted by atomic mass is 9.94. The molecule has 2 rings (SSSR count). The number of halogens is 2. The first-order chi connectivity index (χ1) is 9.52. The molecule has 0 saturated heterocycles. The van der Waals surface area contributed by atoms with Gasteiger partial charge in [0.15, 0.2) is 0 Å². The van der Waals surface area contributed by atoms with E-state index in [2.05, 4.69) is 41.9 Å². The summed E-state index contributed by atoms with van der Waals surface area (Å²) in [6.45, 7) is 4.38. The number of rotatable bonds is 4. The second kappa shape index (κ2) is 6.51. The van der Waals surface area contributed by atoms with E-state index < -0.39 is 0 Å². The quantitative estimate of drug-likeness (QED) is 0.821. The Hall–Kier alpha value is -1.19. The molecule has 0 radical (unpaired) electrons. The third-order valence-corrected chi connectivity index (χ3v) is 4.49. The summed E-state index contributed by atoms with van der Waals surface area (Å²) in [5.74, 6) is 0.274. The van der Waals surface area contributed by atoms with E-state index in [1.54, 1.807) is 6.07 Å². The summed E-state index contributed by atoms with van der Waals surface area (Å²) in [4.78, 5) is 0. The molecule has 0 aliphatic heterocycles. The van der Waals surface area contributed by atoms with Crippen LogP contribution in [0.3, 0.4) is 0 Å². The van der Waals surface area contributed by atoms with E-state index in [1.807, 2.05) is 12.1 Å². The van der Waals surface area contributed by atoms with E-state index in [-0.39, 0.29) is 11.9 Å². The van der Waals surface area contributed by atoms with Gasteiger partial charge in [-0.1, -0.05) is 54.0 Å². The minimum atomic E-state index is -0.328. The van der Waals surface area contributed by atoms with E-state index in [0.29, 0.717) is 5.92 Å². The predicted molar refractivity (Wildman–Crippen MR) is 85.3 cm³/mol. The van der Waals surface area contributed by atoms with Gasteiger partial charge in [-0.25, -0.2) is 4.39 Å². The fraction of sp³-hybridized carbons (Fsp3) is 0.294. The minimum Gasteiger partial charge on any atom is -0.320 e. The number of benzene rings is 2. The molecule has 0 amide bonds. The van der Waals surface area contributed by atoms with Gasteiger partial charge in [-0.2, -0.15) is 0 Å². The van der Waals surface area contributed by atoms with Gasteiger partial charge in [-0.15, -0.1) is 0 Å². The molecule has 106 valence electrons. The van der Waals surface area contributed by atoms with Crippen molar-refractivity contribution in [1.82, 2.24) is 0 Å². The molecule has 20 heavy (non-hydrogen) atoms. The Labute approximate surface area is 128 Å². The van der Waals surface area contributed by atoms with E-state index in [1.165, 1.54) is 17.7 Å². The number of nitrogens with two attached hydrogens (primary N) is 1. The Kier molecular flexibility index (Phi) is 4.95. The zero-order chi connectivity index (χ0) is 14.7. The standard InChI is InChI=1S/C17H19BrFN/c1-3-11(2)12-4-6-13(7-5-12)17(20)15-10-14(19)8-9-16(15)18/h4-11,17H,3,20H2,1-2H3. The van der Waals surface area contributed by atoms with E-state index in [0.717, 1.165) is 22.0 Å². The minimum absolute atomic E-state index is 0.269. The van der Waals surface area contributed by atoms with Crippen LogP contribution >= 0.6 is 15.9 Å². The third-order valence-electron chi connectivity index (χ3n) is 3.77. The Morgan fingerprint density at radius 2 is 1.70 bits per heavy atom. The highest BCUT2D eigenvalue weighted by molar-refractivity contribution is 9.10. The van der Waals surface area contributed by atoms with Crippen LogP contribution in [0, 0.1) is 5.82 Å². The first kappa shape index (κ1) is 15.2. The van der Waals surface area contributed by atoms with Crippen molar-refractivity contribution in [2.24, 2.45) is 5.73 Å². The molecule has 0 fully saturated rings. The van der Waals surface area contributed by atoms with Crippen LogP contribution in [0.2, 0.25) is 0 Å². The molecular formula is C17H19BrFN. The normalized spacial score (nSPS) is 14.1. The zero-order valence-corrected chi connectivity index (χ0v) is 13.3. The summed E-state index contributed by atoms with van der Waals surface area (Å²) in [6, 6.07) is 12.5. The average Bonchev–Trinajstić information content (AvgIpc) is 2.48. The maximum absolute atomic E-state index is 13.4. The molecule has 2 atom stereocenters. The molecule has 0 bridgehead atoms. The van der Waals surface area contributed by atoms with Crippen LogP contribution in [0.1, 0.15) is 48.9 Å². The summed E-state index contributed by atoms with van der Waals surface area (Å²) >= 11 is 3.43. The molecule has 2 aromatic rings. The van der Waals surface area contributed by atoms with Gasteiger partial charge in [0, 0.05) is 4.47 Å². The lowest BCUT2D eigenvalue weighted by molar-refractivity contribution is 0.623. The van der Waals surface area contributed by atoms with Crippen LogP contribution in [0.5, 0.6) is 0 Å². The monoisotopic (exact) mass is 335 g/mol. The van der Waals surface area contributed by atoms with Gasteiger partial charge in [0.2, 0.25) is 0 Å². The molecule has 2 aromatic carbocycles. The molecule has 0 aliphatic rings. The highest BCUT2D eigenvalue weighted by Gasteiger charge is 2.13. The van der Waals surface area contributed by atoms with Gasteiger partial charge < -0.3 is 5.73 Å². The summed E-state index contributed by atoms with van der Waals surface area (Å²) in [5, 5.41) is 0. The van der Waals surface area contributed by atoms with Crippen LogP contribution in [-0.4, -0.2) is 0 Å². The molecule has 2 unspecified atom stereocenters. The molecule has 0 heterocycles. The average molecular weight is 336 g/mol. The summed E-state index contributed by atoms with van der Waals surface area (Å²) in [5.41, 5.74) is 9.31. The second-order valence-corrected chi connectivity index (χ2v) is 5.97. The van der Waals surface area contributed by atoms with Crippen molar-refractivity contribution < 1.29 is 4.39 Å². The van der Waals surface area contributed by atoms with E-state index >= 15 is 0 Å². The van der Waals surface area contributed by atoms with Crippen molar-refractivity contribution >= 4 is 15.9 Å². The van der Waals surface area contributed by atoms with Crippen molar-refractivity contribution in [2.75, 3.05) is 0 Å². The van der Waals surface area contributed by atoms with Crippen LogP contribution in [0.25, 0.3) is 0 Å². The third kappa shape index (κ3) is 3.28. The van der Waals surface area contributed by atoms with Crippen molar-refractivity contribution in [2.45, 2.75) is 32.2 Å². The Bertz CT molecular complexity index is 580. The van der Waals surface area contributed by atoms with Crippen LogP contribution in [0.15, 0.2) is 46.9 Å². The van der Waals surface area contributed by atoms with Crippen molar-refractivity contribution in [3.05, 3.63) is 69.4 Å². The summed E-state index contributed by atoms with van der Waals surface area (Å²) < 4.78 is 14.2. The molecule has 0 spiro atoms. The van der Waals surface area contributed by atoms with E-state index in [9.17, 15) is 4.39 Å². The number of hydrogen-bond acceptors (Lipinski definition) is 1.